The van der Waals surface area contributed by atoms with E-state index in [4.69, 9.17) is 0 Å². The van der Waals surface area contributed by atoms with Gasteiger partial charge in [0.05, 0.1) is 5.57 Å². The zero-order chi connectivity index (χ0) is 14.5. The number of aryl methyl sites for hydroxylation is 1. The van der Waals surface area contributed by atoms with Crippen LogP contribution in [0, 0.1) is 6.92 Å². The number of rotatable bonds is 4. The van der Waals surface area contributed by atoms with Crippen molar-refractivity contribution in [1.82, 2.24) is 0 Å². The van der Waals surface area contributed by atoms with Crippen molar-refractivity contribution < 1.29 is 9.90 Å². The van der Waals surface area contributed by atoms with E-state index in [1.54, 1.807) is 0 Å². The van der Waals surface area contributed by atoms with Crippen molar-refractivity contribution in [3.63, 3.8) is 0 Å². The molecule has 0 aromatic heterocycles. The second-order valence-electron chi connectivity index (χ2n) is 5.33. The number of aliphatic hydroxyl groups excluding tert-OH is 1. The number of carbonyl (C=O) groups excluding carboxylic acids is 1. The zero-order valence-electron chi connectivity index (χ0n) is 12.1. The highest BCUT2D eigenvalue weighted by Crippen LogP contribution is 2.33. The van der Waals surface area contributed by atoms with Gasteiger partial charge in [0, 0.05) is 25.6 Å². The summed E-state index contributed by atoms with van der Waals surface area (Å²) >= 11 is 0. The third-order valence-electron chi connectivity index (χ3n) is 3.60. The molecule has 2 rings (SSSR count). The fourth-order valence-corrected chi connectivity index (χ4v) is 2.42. The number of hydrogen-bond donors (Lipinski definition) is 1. The highest BCUT2D eigenvalue weighted by molar-refractivity contribution is 6.14. The third kappa shape index (κ3) is 3.35. The average molecular weight is 271 g/mol. The van der Waals surface area contributed by atoms with E-state index >= 15 is 0 Å². The van der Waals surface area contributed by atoms with Crippen LogP contribution in [-0.4, -0.2) is 23.6 Å². The predicted molar refractivity (Wildman–Crippen MR) is 81.5 cm³/mol. The second kappa shape index (κ2) is 6.51. The maximum Gasteiger partial charge on any atom is 0.168 e. The van der Waals surface area contributed by atoms with E-state index in [1.165, 1.54) is 11.8 Å². The van der Waals surface area contributed by atoms with E-state index < -0.39 is 0 Å². The van der Waals surface area contributed by atoms with Crippen LogP contribution in [0.1, 0.15) is 43.2 Å². The Morgan fingerprint density at radius 2 is 2.00 bits per heavy atom. The number of benzene rings is 1. The molecular weight excluding hydrogens is 250 g/mol. The molecule has 1 aliphatic carbocycles. The maximum atomic E-state index is 12.1. The molecule has 1 unspecified atom stereocenters. The molecule has 3 nitrogen and oxygen atoms in total. The minimum Gasteiger partial charge on any atom is -0.511 e. The molecule has 0 heterocycles. The Morgan fingerprint density at radius 3 is 2.60 bits per heavy atom. The van der Waals surface area contributed by atoms with Crippen LogP contribution in [0.2, 0.25) is 0 Å². The lowest BCUT2D eigenvalue weighted by atomic mass is 9.83. The van der Waals surface area contributed by atoms with E-state index in [9.17, 15) is 9.90 Å². The van der Waals surface area contributed by atoms with Gasteiger partial charge in [0.25, 0.3) is 0 Å². The monoisotopic (exact) mass is 271 g/mol. The summed E-state index contributed by atoms with van der Waals surface area (Å²) in [6.45, 7) is 4.75. The molecule has 1 aromatic rings. The van der Waals surface area contributed by atoms with Gasteiger partial charge in [-0.25, -0.2) is 0 Å². The van der Waals surface area contributed by atoms with E-state index in [0.29, 0.717) is 25.0 Å². The van der Waals surface area contributed by atoms with Gasteiger partial charge in [0.1, 0.15) is 5.76 Å². The van der Waals surface area contributed by atoms with Crippen molar-refractivity contribution in [2.45, 2.75) is 39.0 Å². The Bertz CT molecular complexity index is 541. The Balaban J connectivity index is 2.16. The largest absolute Gasteiger partial charge is 0.511 e. The first-order valence-corrected chi connectivity index (χ1v) is 7.13. The van der Waals surface area contributed by atoms with Gasteiger partial charge in [0.15, 0.2) is 5.78 Å². The molecule has 0 saturated carbocycles. The number of Topliss-reactive ketones (excluding diaryl/α,β-unsaturated/α-hetero) is 1. The fraction of sp³-hybridized carbons (Fsp3) is 0.412. The average Bonchev–Trinajstić information content (AvgIpc) is 2.42. The molecule has 0 radical (unpaired) electrons. The first-order chi connectivity index (χ1) is 9.61. The van der Waals surface area contributed by atoms with Crippen molar-refractivity contribution >= 4 is 12.0 Å². The standard InChI is InChI=1S/C17H21NO2/c1-3-8-18-11-15-16(19)9-14(10-17(15)20)13-6-4-12(2)5-7-13/h4-7,11,14,19H,3,8-10H2,1-2H3. The molecule has 1 atom stereocenters. The van der Waals surface area contributed by atoms with Crippen LogP contribution in [0.15, 0.2) is 40.6 Å². The zero-order valence-corrected chi connectivity index (χ0v) is 12.1. The molecule has 0 bridgehead atoms. The lowest BCUT2D eigenvalue weighted by Gasteiger charge is -2.22. The number of aliphatic hydroxyl groups is 1. The van der Waals surface area contributed by atoms with Crippen molar-refractivity contribution in [2.24, 2.45) is 4.99 Å². The number of hydrogen-bond acceptors (Lipinski definition) is 3. The van der Waals surface area contributed by atoms with Gasteiger partial charge in [-0.05, 0) is 24.8 Å². The van der Waals surface area contributed by atoms with E-state index in [0.717, 1.165) is 12.0 Å². The summed E-state index contributed by atoms with van der Waals surface area (Å²) in [6, 6.07) is 8.16. The molecular formula is C17H21NO2. The Hall–Kier alpha value is -1.90. The summed E-state index contributed by atoms with van der Waals surface area (Å²) in [5.74, 6) is 0.234. The van der Waals surface area contributed by atoms with Gasteiger partial charge >= 0.3 is 0 Å². The van der Waals surface area contributed by atoms with Gasteiger partial charge in [-0.3, -0.25) is 9.79 Å². The van der Waals surface area contributed by atoms with E-state index in [2.05, 4.69) is 4.99 Å². The van der Waals surface area contributed by atoms with Crippen molar-refractivity contribution in [3.05, 3.63) is 46.7 Å². The molecule has 106 valence electrons. The lowest BCUT2D eigenvalue weighted by Crippen LogP contribution is -2.19. The first-order valence-electron chi connectivity index (χ1n) is 7.13. The molecule has 1 aliphatic rings. The Kier molecular flexibility index (Phi) is 4.72. The van der Waals surface area contributed by atoms with Gasteiger partial charge in [-0.15, -0.1) is 0 Å². The highest BCUT2D eigenvalue weighted by atomic mass is 16.3. The predicted octanol–water partition coefficient (Wildman–Crippen LogP) is 3.73. The number of aliphatic imine (C=N–C) groups is 1. The van der Waals surface area contributed by atoms with Crippen LogP contribution in [0.3, 0.4) is 0 Å². The molecule has 0 saturated heterocycles. The molecule has 0 fully saturated rings. The third-order valence-corrected chi connectivity index (χ3v) is 3.60. The highest BCUT2D eigenvalue weighted by Gasteiger charge is 2.27. The quantitative estimate of drug-likeness (QED) is 0.848. The molecule has 20 heavy (non-hydrogen) atoms. The van der Waals surface area contributed by atoms with Crippen LogP contribution in [0.5, 0.6) is 0 Å². The topological polar surface area (TPSA) is 49.7 Å². The molecule has 0 aliphatic heterocycles. The summed E-state index contributed by atoms with van der Waals surface area (Å²) < 4.78 is 0. The molecule has 1 N–H and O–H groups in total. The van der Waals surface area contributed by atoms with Crippen LogP contribution in [0.25, 0.3) is 0 Å². The van der Waals surface area contributed by atoms with E-state index in [-0.39, 0.29) is 17.5 Å². The maximum absolute atomic E-state index is 12.1. The van der Waals surface area contributed by atoms with Gasteiger partial charge in [-0.2, -0.15) is 0 Å². The number of allylic oxidation sites excluding steroid dienone is 2. The summed E-state index contributed by atoms with van der Waals surface area (Å²) in [7, 11) is 0. The molecule has 3 heteroatoms. The summed E-state index contributed by atoms with van der Waals surface area (Å²) in [4.78, 5) is 16.3. The SMILES string of the molecule is CCCN=CC1=C(O)CC(c2ccc(C)cc2)CC1=O. The smallest absolute Gasteiger partial charge is 0.168 e. The minimum atomic E-state index is -0.0146. The van der Waals surface area contributed by atoms with Crippen molar-refractivity contribution in [2.75, 3.05) is 6.54 Å². The second-order valence-corrected chi connectivity index (χ2v) is 5.33. The number of carbonyl (C=O) groups is 1. The molecule has 1 aromatic carbocycles. The van der Waals surface area contributed by atoms with Crippen LogP contribution >= 0.6 is 0 Å². The Morgan fingerprint density at radius 1 is 1.30 bits per heavy atom. The summed E-state index contributed by atoms with van der Waals surface area (Å²) in [5, 5.41) is 10.1. The van der Waals surface area contributed by atoms with Gasteiger partial charge < -0.3 is 5.11 Å². The first kappa shape index (κ1) is 14.5. The minimum absolute atomic E-state index is 0.0146. The summed E-state index contributed by atoms with van der Waals surface area (Å²) in [6.07, 6.45) is 3.43. The number of ketones is 1. The van der Waals surface area contributed by atoms with Crippen molar-refractivity contribution in [3.8, 4) is 0 Å². The van der Waals surface area contributed by atoms with Gasteiger partial charge in [0.2, 0.25) is 0 Å². The molecule has 0 spiro atoms. The Labute approximate surface area is 120 Å². The van der Waals surface area contributed by atoms with E-state index in [1.807, 2.05) is 38.1 Å². The van der Waals surface area contributed by atoms with Gasteiger partial charge in [-0.1, -0.05) is 36.8 Å². The summed E-state index contributed by atoms with van der Waals surface area (Å²) in [5.41, 5.74) is 2.70. The normalized spacial score (nSPS) is 19.9. The number of nitrogens with zero attached hydrogens (tertiary/aromatic N) is 1. The van der Waals surface area contributed by atoms with Crippen molar-refractivity contribution in [1.29, 1.82) is 0 Å². The fourth-order valence-electron chi connectivity index (χ4n) is 2.42. The lowest BCUT2D eigenvalue weighted by molar-refractivity contribution is -0.116. The van der Waals surface area contributed by atoms with Crippen LogP contribution in [0.4, 0.5) is 0 Å². The van der Waals surface area contributed by atoms with Crippen LogP contribution < -0.4 is 0 Å². The van der Waals surface area contributed by atoms with Crippen LogP contribution in [-0.2, 0) is 4.79 Å². The molecule has 0 amide bonds.